The number of aliphatic imine (C=N–C) groups is 1. The zero-order valence-corrected chi connectivity index (χ0v) is 12.1. The molecule has 20 heavy (non-hydrogen) atoms. The minimum atomic E-state index is 0.515. The summed E-state index contributed by atoms with van der Waals surface area (Å²) in [6.07, 6.45) is 7.87. The monoisotopic (exact) mass is 269 g/mol. The highest BCUT2D eigenvalue weighted by molar-refractivity contribution is 5.80. The van der Waals surface area contributed by atoms with Crippen molar-refractivity contribution in [2.24, 2.45) is 4.99 Å². The quantitative estimate of drug-likeness (QED) is 0.501. The first-order valence-corrected chi connectivity index (χ1v) is 7.64. The van der Waals surface area contributed by atoms with Crippen LogP contribution in [-0.2, 0) is 6.42 Å². The number of nitrogens with zero attached hydrogens (tertiary/aromatic N) is 1. The topological polar surface area (TPSA) is 36.4 Å². The summed E-state index contributed by atoms with van der Waals surface area (Å²) in [4.78, 5) is 4.76. The number of guanidine groups is 1. The van der Waals surface area contributed by atoms with Crippen molar-refractivity contribution in [2.45, 2.75) is 38.1 Å². The summed E-state index contributed by atoms with van der Waals surface area (Å²) < 4.78 is 0. The second kappa shape index (κ2) is 6.12. The number of rotatable bonds is 4. The maximum atomic E-state index is 4.76. The molecular formula is C17H23N3. The summed E-state index contributed by atoms with van der Waals surface area (Å²) in [5.74, 6) is 1.56. The van der Waals surface area contributed by atoms with Gasteiger partial charge in [0.1, 0.15) is 0 Å². The predicted octanol–water partition coefficient (Wildman–Crippen LogP) is 2.60. The van der Waals surface area contributed by atoms with Gasteiger partial charge >= 0.3 is 0 Å². The maximum absolute atomic E-state index is 4.76. The molecule has 1 aromatic rings. The number of fused-ring (bicyclic) bond motifs is 1. The third kappa shape index (κ3) is 2.87. The van der Waals surface area contributed by atoms with Gasteiger partial charge < -0.3 is 10.6 Å². The highest BCUT2D eigenvalue weighted by atomic mass is 15.2. The number of nitrogens with one attached hydrogen (secondary N) is 2. The first kappa shape index (κ1) is 13.2. The molecule has 0 aliphatic heterocycles. The Hall–Kier alpha value is -1.77. The maximum Gasteiger partial charge on any atom is 0.191 e. The van der Waals surface area contributed by atoms with Gasteiger partial charge in [-0.1, -0.05) is 36.4 Å². The van der Waals surface area contributed by atoms with Gasteiger partial charge in [0.2, 0.25) is 0 Å². The second-order valence-corrected chi connectivity index (χ2v) is 5.60. The van der Waals surface area contributed by atoms with Crippen molar-refractivity contribution in [3.63, 3.8) is 0 Å². The third-order valence-electron chi connectivity index (χ3n) is 4.12. The van der Waals surface area contributed by atoms with Crippen molar-refractivity contribution >= 4 is 5.96 Å². The van der Waals surface area contributed by atoms with Crippen LogP contribution in [0.5, 0.6) is 0 Å². The van der Waals surface area contributed by atoms with Gasteiger partial charge in [-0.15, -0.1) is 0 Å². The first-order chi connectivity index (χ1) is 9.86. The molecule has 1 atom stereocenters. The smallest absolute Gasteiger partial charge is 0.191 e. The summed E-state index contributed by atoms with van der Waals surface area (Å²) in [5, 5.41) is 6.87. The fourth-order valence-electron chi connectivity index (χ4n) is 2.98. The Bertz CT molecular complexity index is 511. The molecule has 0 saturated carbocycles. The average Bonchev–Trinajstić information content (AvgIpc) is 2.93. The molecule has 0 radical (unpaired) electrons. The van der Waals surface area contributed by atoms with E-state index in [9.17, 15) is 0 Å². The van der Waals surface area contributed by atoms with Crippen LogP contribution in [0.4, 0.5) is 0 Å². The highest BCUT2D eigenvalue weighted by Gasteiger charge is 2.25. The van der Waals surface area contributed by atoms with Crippen molar-refractivity contribution < 1.29 is 0 Å². The van der Waals surface area contributed by atoms with Crippen LogP contribution in [0.3, 0.4) is 0 Å². The van der Waals surface area contributed by atoms with Crippen LogP contribution < -0.4 is 10.6 Å². The van der Waals surface area contributed by atoms with Crippen LogP contribution >= 0.6 is 0 Å². The van der Waals surface area contributed by atoms with Gasteiger partial charge in [0.25, 0.3) is 0 Å². The lowest BCUT2D eigenvalue weighted by Crippen LogP contribution is -2.42. The molecular weight excluding hydrogens is 246 g/mol. The van der Waals surface area contributed by atoms with E-state index in [1.165, 1.54) is 17.5 Å². The first-order valence-electron chi connectivity index (χ1n) is 7.64. The molecule has 2 aliphatic rings. The van der Waals surface area contributed by atoms with Crippen LogP contribution in [-0.4, -0.2) is 25.1 Å². The van der Waals surface area contributed by atoms with Crippen LogP contribution in [0.1, 0.15) is 36.8 Å². The molecule has 3 rings (SSSR count). The van der Waals surface area contributed by atoms with Gasteiger partial charge in [0.15, 0.2) is 5.96 Å². The van der Waals surface area contributed by atoms with Crippen LogP contribution in [0, 0.1) is 0 Å². The second-order valence-electron chi connectivity index (χ2n) is 5.60. The zero-order chi connectivity index (χ0) is 13.8. The molecule has 0 bridgehead atoms. The highest BCUT2D eigenvalue weighted by Crippen LogP contribution is 2.34. The molecule has 0 amide bonds. The fourth-order valence-corrected chi connectivity index (χ4v) is 2.98. The Kier molecular flexibility index (Phi) is 4.05. The molecule has 0 spiro atoms. The lowest BCUT2D eigenvalue weighted by atomic mass is 9.78. The number of benzene rings is 1. The summed E-state index contributed by atoms with van der Waals surface area (Å²) >= 11 is 0. The molecule has 3 nitrogen and oxygen atoms in total. The Labute approximate surface area is 121 Å². The van der Waals surface area contributed by atoms with E-state index in [-0.39, 0.29) is 0 Å². The van der Waals surface area contributed by atoms with E-state index < -0.39 is 0 Å². The molecule has 106 valence electrons. The van der Waals surface area contributed by atoms with Crippen molar-refractivity contribution in [3.05, 3.63) is 47.5 Å². The Morgan fingerprint density at radius 1 is 1.25 bits per heavy atom. The van der Waals surface area contributed by atoms with Gasteiger partial charge in [0.05, 0.1) is 0 Å². The minimum absolute atomic E-state index is 0.515. The normalized spacial score (nSPS) is 21.4. The molecule has 2 N–H and O–H groups in total. The zero-order valence-electron chi connectivity index (χ0n) is 12.1. The Morgan fingerprint density at radius 3 is 2.80 bits per heavy atom. The summed E-state index contributed by atoms with van der Waals surface area (Å²) in [5.41, 5.74) is 2.97. The lowest BCUT2D eigenvalue weighted by Gasteiger charge is -2.29. The summed E-state index contributed by atoms with van der Waals surface area (Å²) in [6, 6.07) is 9.23. The molecule has 0 fully saturated rings. The van der Waals surface area contributed by atoms with Gasteiger partial charge in [-0.25, -0.2) is 0 Å². The van der Waals surface area contributed by atoms with E-state index >= 15 is 0 Å². The van der Waals surface area contributed by atoms with Crippen molar-refractivity contribution in [1.29, 1.82) is 0 Å². The minimum Gasteiger partial charge on any atom is -0.357 e. The van der Waals surface area contributed by atoms with Gasteiger partial charge in [-0.05, 0) is 37.3 Å². The number of hydrogen-bond donors (Lipinski definition) is 2. The van der Waals surface area contributed by atoms with Gasteiger partial charge in [0, 0.05) is 25.0 Å². The fraction of sp³-hybridized carbons (Fsp3) is 0.471. The van der Waals surface area contributed by atoms with Gasteiger partial charge in [-0.2, -0.15) is 0 Å². The molecule has 1 aromatic carbocycles. The molecule has 3 heteroatoms. The average molecular weight is 269 g/mol. The van der Waals surface area contributed by atoms with E-state index in [1.54, 1.807) is 0 Å². The summed E-state index contributed by atoms with van der Waals surface area (Å²) in [7, 11) is 0. The molecule has 0 heterocycles. The molecule has 1 unspecified atom stereocenters. The van der Waals surface area contributed by atoms with Crippen molar-refractivity contribution in [2.75, 3.05) is 13.1 Å². The van der Waals surface area contributed by atoms with E-state index in [0.717, 1.165) is 31.9 Å². The van der Waals surface area contributed by atoms with E-state index in [1.807, 2.05) is 0 Å². The Morgan fingerprint density at radius 2 is 2.05 bits per heavy atom. The largest absolute Gasteiger partial charge is 0.357 e. The van der Waals surface area contributed by atoms with Crippen LogP contribution in [0.25, 0.3) is 0 Å². The summed E-state index contributed by atoms with van der Waals surface area (Å²) in [6.45, 7) is 3.91. The Balaban J connectivity index is 1.57. The lowest BCUT2D eigenvalue weighted by molar-refractivity contribution is 0.601. The third-order valence-corrected chi connectivity index (χ3v) is 4.12. The van der Waals surface area contributed by atoms with Crippen LogP contribution in [0.15, 0.2) is 41.4 Å². The standard InChI is InChI=1S/C17H23N3/c1-2-18-17(20-15-8-4-5-9-15)19-12-14-11-13-7-3-6-10-16(13)14/h3-7,10,14-15H,2,8-9,11-12H2,1H3,(H2,18,19,20). The van der Waals surface area contributed by atoms with Crippen molar-refractivity contribution in [3.8, 4) is 0 Å². The molecule has 2 aliphatic carbocycles. The van der Waals surface area contributed by atoms with E-state index in [0.29, 0.717) is 12.0 Å². The SMILES string of the molecule is CCNC(=NCC1Cc2ccccc21)NC1CC=CC1. The molecule has 0 aromatic heterocycles. The van der Waals surface area contributed by atoms with Gasteiger partial charge in [-0.3, -0.25) is 4.99 Å². The van der Waals surface area contributed by atoms with Crippen molar-refractivity contribution in [1.82, 2.24) is 10.6 Å². The molecule has 0 saturated heterocycles. The predicted molar refractivity (Wildman–Crippen MR) is 84.2 cm³/mol. The van der Waals surface area contributed by atoms with Crippen LogP contribution in [0.2, 0.25) is 0 Å². The number of hydrogen-bond acceptors (Lipinski definition) is 1. The van der Waals surface area contributed by atoms with E-state index in [4.69, 9.17) is 4.99 Å². The van der Waals surface area contributed by atoms with E-state index in [2.05, 4.69) is 54.0 Å².